The maximum Gasteiger partial charge on any atom is 0.167 e. The van der Waals surface area contributed by atoms with E-state index in [-0.39, 0.29) is 16.9 Å². The lowest BCUT2D eigenvalue weighted by Crippen LogP contribution is -2.70. The van der Waals surface area contributed by atoms with Crippen LogP contribution in [0.3, 0.4) is 0 Å². The number of fused-ring (bicyclic) bond motifs is 5. The van der Waals surface area contributed by atoms with Gasteiger partial charge in [0.05, 0.1) is 0 Å². The van der Waals surface area contributed by atoms with E-state index in [1.54, 1.807) is 17.4 Å². The highest BCUT2D eigenvalue weighted by molar-refractivity contribution is 7.11. The average Bonchev–Trinajstić information content (AvgIpc) is 3.32. The molecule has 4 fully saturated rings. The van der Waals surface area contributed by atoms with E-state index in [1.165, 1.54) is 30.7 Å². The van der Waals surface area contributed by atoms with Gasteiger partial charge in [-0.1, -0.05) is 32.6 Å². The zero-order valence-electron chi connectivity index (χ0n) is 20.1. The summed E-state index contributed by atoms with van der Waals surface area (Å²) in [6.45, 7) is 13.1. The lowest BCUT2D eigenvalue weighted by Gasteiger charge is -2.62. The molecule has 3 heterocycles. The van der Waals surface area contributed by atoms with Crippen LogP contribution in [0, 0.1) is 36.0 Å². The number of Topliss-reactive ketones (excluding diaryl/α,β-unsaturated/α-hetero) is 1. The Morgan fingerprint density at radius 3 is 2.84 bits per heavy atom. The molecule has 1 aromatic rings. The molecule has 174 valence electrons. The summed E-state index contributed by atoms with van der Waals surface area (Å²) in [6, 6.07) is 0.669. The van der Waals surface area contributed by atoms with Crippen molar-refractivity contribution in [3.05, 3.63) is 40.1 Å². The summed E-state index contributed by atoms with van der Waals surface area (Å²) in [5, 5.41) is 2.09. The molecule has 2 saturated heterocycles. The van der Waals surface area contributed by atoms with Gasteiger partial charge in [0.1, 0.15) is 0 Å². The number of nitrogens with two attached hydrogens (primary N) is 1. The van der Waals surface area contributed by atoms with Gasteiger partial charge in [-0.15, -0.1) is 11.3 Å². The third-order valence-electron chi connectivity index (χ3n) is 9.98. The molecule has 2 aliphatic carbocycles. The minimum atomic E-state index is -0.0919. The van der Waals surface area contributed by atoms with Crippen molar-refractivity contribution in [2.24, 2.45) is 34.8 Å². The van der Waals surface area contributed by atoms with Crippen LogP contribution in [0.1, 0.15) is 79.6 Å². The molecule has 0 amide bonds. The lowest BCUT2D eigenvalue weighted by atomic mass is 9.50. The van der Waals surface area contributed by atoms with Crippen LogP contribution >= 0.6 is 11.3 Å². The molecule has 0 spiro atoms. The Balaban J connectivity index is 1.40. The number of carbonyl (C=O) groups excluding carboxylic acids is 1. The van der Waals surface area contributed by atoms with Crippen LogP contribution in [0.25, 0.3) is 6.08 Å². The van der Waals surface area contributed by atoms with Crippen molar-refractivity contribution in [1.29, 1.82) is 0 Å². The summed E-state index contributed by atoms with van der Waals surface area (Å²) in [5.41, 5.74) is 9.43. The zero-order chi connectivity index (χ0) is 22.7. The van der Waals surface area contributed by atoms with Crippen LogP contribution in [0.15, 0.2) is 24.1 Å². The van der Waals surface area contributed by atoms with Crippen molar-refractivity contribution in [1.82, 2.24) is 4.90 Å². The van der Waals surface area contributed by atoms with E-state index in [2.05, 4.69) is 43.7 Å². The standard InChI is InChI=1S/C28H40N2OS/c1-5-6-7-24-19(3)20(17-32-24)26(31)22-9-11-25-27(22,4)13-12-21-23-10-8-18(2)16-30(23)15-14-28(21,25)29/h5-7,17-18,21-23,25H,1,8-16,29H2,2-4H3/b7-6-/t18-,21?,22+,23+,25?,27+,28-/m0/s1. The second-order valence-corrected chi connectivity index (χ2v) is 12.4. The highest BCUT2D eigenvalue weighted by Crippen LogP contribution is 2.63. The third kappa shape index (κ3) is 3.32. The fraction of sp³-hybridized carbons (Fsp3) is 0.679. The van der Waals surface area contributed by atoms with Crippen molar-refractivity contribution >= 4 is 23.2 Å². The molecule has 0 bridgehead atoms. The van der Waals surface area contributed by atoms with Gasteiger partial charge >= 0.3 is 0 Å². The first-order valence-corrected chi connectivity index (χ1v) is 13.6. The first-order valence-electron chi connectivity index (χ1n) is 12.7. The molecular formula is C28H40N2OS. The van der Waals surface area contributed by atoms with E-state index in [0.29, 0.717) is 23.7 Å². The number of carbonyl (C=O) groups is 1. The number of hydrogen-bond acceptors (Lipinski definition) is 4. The number of thiophene rings is 1. The molecule has 7 atom stereocenters. The van der Waals surface area contributed by atoms with E-state index in [4.69, 9.17) is 5.73 Å². The van der Waals surface area contributed by atoms with Crippen molar-refractivity contribution in [2.45, 2.75) is 77.3 Å². The first-order chi connectivity index (χ1) is 15.3. The Labute approximate surface area is 198 Å². The van der Waals surface area contributed by atoms with Gasteiger partial charge in [0.2, 0.25) is 0 Å². The Morgan fingerprint density at radius 2 is 2.06 bits per heavy atom. The van der Waals surface area contributed by atoms with Gasteiger partial charge in [-0.3, -0.25) is 9.69 Å². The second-order valence-electron chi connectivity index (χ2n) is 11.5. The maximum atomic E-state index is 13.9. The molecule has 2 N–H and O–H groups in total. The maximum absolute atomic E-state index is 13.9. The van der Waals surface area contributed by atoms with Gasteiger partial charge in [0.25, 0.3) is 0 Å². The first kappa shape index (κ1) is 22.6. The Bertz CT molecular complexity index is 934. The molecule has 2 saturated carbocycles. The third-order valence-corrected chi connectivity index (χ3v) is 11.0. The summed E-state index contributed by atoms with van der Waals surface area (Å²) in [7, 11) is 0. The predicted octanol–water partition coefficient (Wildman–Crippen LogP) is 6.08. The quantitative estimate of drug-likeness (QED) is 0.445. The van der Waals surface area contributed by atoms with Crippen molar-refractivity contribution in [2.75, 3.05) is 13.1 Å². The van der Waals surface area contributed by atoms with Crippen LogP contribution < -0.4 is 5.73 Å². The monoisotopic (exact) mass is 452 g/mol. The summed E-state index contributed by atoms with van der Waals surface area (Å²) in [5.74, 6) is 2.38. The van der Waals surface area contributed by atoms with Gasteiger partial charge < -0.3 is 5.73 Å². The van der Waals surface area contributed by atoms with E-state index >= 15 is 0 Å². The number of hydrogen-bond donors (Lipinski definition) is 1. The molecule has 4 heteroatoms. The van der Waals surface area contributed by atoms with E-state index < -0.39 is 0 Å². The molecule has 32 heavy (non-hydrogen) atoms. The van der Waals surface area contributed by atoms with Gasteiger partial charge in [0, 0.05) is 46.4 Å². The summed E-state index contributed by atoms with van der Waals surface area (Å²) >= 11 is 1.68. The van der Waals surface area contributed by atoms with Gasteiger partial charge in [-0.05, 0) is 86.7 Å². The minimum absolute atomic E-state index is 0.0396. The molecule has 4 aliphatic rings. The SMILES string of the molecule is C=C/C=C\c1scc(C(=O)[C@H]2CCC3[C@]4(N)CCN5C[C@@H](C)CC[C@@H]5C4CC[C@@]32C)c1C. The Kier molecular flexibility index (Phi) is 5.79. The topological polar surface area (TPSA) is 46.3 Å². The fourth-order valence-corrected chi connectivity index (χ4v) is 9.28. The van der Waals surface area contributed by atoms with Crippen molar-refractivity contribution in [3.63, 3.8) is 0 Å². The van der Waals surface area contributed by atoms with Gasteiger partial charge in [0.15, 0.2) is 5.78 Å². The van der Waals surface area contributed by atoms with E-state index in [9.17, 15) is 4.79 Å². The second kappa shape index (κ2) is 8.21. The molecular weight excluding hydrogens is 412 g/mol. The van der Waals surface area contributed by atoms with E-state index in [1.807, 2.05) is 6.08 Å². The number of allylic oxidation sites excluding steroid dienone is 2. The van der Waals surface area contributed by atoms with Crippen LogP contribution in [-0.4, -0.2) is 35.4 Å². The summed E-state index contributed by atoms with van der Waals surface area (Å²) < 4.78 is 0. The largest absolute Gasteiger partial charge is 0.324 e. The van der Waals surface area contributed by atoms with Crippen LogP contribution in [0.4, 0.5) is 0 Å². The summed E-state index contributed by atoms with van der Waals surface area (Å²) in [6.07, 6.45) is 14.1. The smallest absolute Gasteiger partial charge is 0.167 e. The molecule has 2 unspecified atom stereocenters. The molecule has 5 rings (SSSR count). The number of rotatable bonds is 4. The summed E-state index contributed by atoms with van der Waals surface area (Å²) in [4.78, 5) is 17.8. The Hall–Kier alpha value is -1.23. The Morgan fingerprint density at radius 1 is 1.25 bits per heavy atom. The van der Waals surface area contributed by atoms with Crippen LogP contribution in [-0.2, 0) is 0 Å². The van der Waals surface area contributed by atoms with E-state index in [0.717, 1.165) is 49.3 Å². The molecule has 3 nitrogen and oxygen atoms in total. The highest BCUT2D eigenvalue weighted by atomic mass is 32.1. The number of ketones is 1. The molecule has 0 aromatic carbocycles. The lowest BCUT2D eigenvalue weighted by molar-refractivity contribution is -0.0903. The molecule has 1 aromatic heterocycles. The van der Waals surface area contributed by atoms with Crippen molar-refractivity contribution < 1.29 is 4.79 Å². The minimum Gasteiger partial charge on any atom is -0.324 e. The molecule has 2 aliphatic heterocycles. The van der Waals surface area contributed by atoms with Crippen molar-refractivity contribution in [3.8, 4) is 0 Å². The fourth-order valence-electron chi connectivity index (χ4n) is 8.30. The van der Waals surface area contributed by atoms with Crippen LogP contribution in [0.2, 0.25) is 0 Å². The number of piperidine rings is 2. The molecule has 0 radical (unpaired) electrons. The highest BCUT2D eigenvalue weighted by Gasteiger charge is 2.63. The van der Waals surface area contributed by atoms with Crippen LogP contribution in [0.5, 0.6) is 0 Å². The zero-order valence-corrected chi connectivity index (χ0v) is 20.9. The normalized spacial score (nSPS) is 41.8. The van der Waals surface area contributed by atoms with Gasteiger partial charge in [-0.2, -0.15) is 0 Å². The number of nitrogens with zero attached hydrogens (tertiary/aromatic N) is 1. The average molecular weight is 453 g/mol. The predicted molar refractivity (Wildman–Crippen MR) is 135 cm³/mol. The van der Waals surface area contributed by atoms with Gasteiger partial charge in [-0.25, -0.2) is 0 Å².